The summed E-state index contributed by atoms with van der Waals surface area (Å²) in [5.41, 5.74) is 0.109. The number of halogens is 4. The summed E-state index contributed by atoms with van der Waals surface area (Å²) in [6.07, 6.45) is -2.66. The molecule has 0 spiro atoms. The van der Waals surface area contributed by atoms with E-state index in [9.17, 15) is 18.0 Å². The number of ether oxygens (including phenoxy) is 1. The number of rotatable bonds is 7. The molecule has 0 saturated heterocycles. The molecular weight excluding hydrogens is 353 g/mol. The van der Waals surface area contributed by atoms with E-state index >= 15 is 0 Å². The van der Waals surface area contributed by atoms with Crippen LogP contribution in [0.1, 0.15) is 23.7 Å². The van der Waals surface area contributed by atoms with Crippen molar-refractivity contribution in [3.05, 3.63) is 28.5 Å². The van der Waals surface area contributed by atoms with Gasteiger partial charge in [-0.2, -0.15) is 13.2 Å². The molecule has 0 saturated carbocycles. The van der Waals surface area contributed by atoms with Crippen molar-refractivity contribution in [1.82, 2.24) is 9.88 Å². The SMILES string of the molecule is CCOCCCN(CC(F)(F)F)C(=O)c1cccnc1Br. The van der Waals surface area contributed by atoms with E-state index < -0.39 is 18.6 Å². The van der Waals surface area contributed by atoms with Gasteiger partial charge in [-0.3, -0.25) is 4.79 Å². The van der Waals surface area contributed by atoms with E-state index in [1.54, 1.807) is 6.92 Å². The molecule has 1 aromatic rings. The third-order valence-electron chi connectivity index (χ3n) is 2.57. The molecular formula is C13H16BrF3N2O2. The van der Waals surface area contributed by atoms with E-state index in [1.165, 1.54) is 18.3 Å². The molecule has 0 unspecified atom stereocenters. The second-order valence-electron chi connectivity index (χ2n) is 4.23. The van der Waals surface area contributed by atoms with Gasteiger partial charge < -0.3 is 9.64 Å². The average Bonchev–Trinajstić information content (AvgIpc) is 2.41. The summed E-state index contributed by atoms with van der Waals surface area (Å²) in [6.45, 7) is 1.28. The molecule has 1 rings (SSSR count). The first kappa shape index (κ1) is 17.9. The maximum absolute atomic E-state index is 12.6. The lowest BCUT2D eigenvalue weighted by Crippen LogP contribution is -2.40. The molecule has 8 heteroatoms. The van der Waals surface area contributed by atoms with Gasteiger partial charge in [-0.1, -0.05) is 0 Å². The second-order valence-corrected chi connectivity index (χ2v) is 4.99. The molecule has 4 nitrogen and oxygen atoms in total. The first-order valence-corrected chi connectivity index (χ1v) is 7.18. The molecule has 0 atom stereocenters. The van der Waals surface area contributed by atoms with Crippen LogP contribution in [0.15, 0.2) is 22.9 Å². The second kappa shape index (κ2) is 8.33. The van der Waals surface area contributed by atoms with Crippen molar-refractivity contribution >= 4 is 21.8 Å². The van der Waals surface area contributed by atoms with Crippen LogP contribution in [0.3, 0.4) is 0 Å². The molecule has 21 heavy (non-hydrogen) atoms. The number of alkyl halides is 3. The van der Waals surface area contributed by atoms with Gasteiger partial charge >= 0.3 is 6.18 Å². The fraction of sp³-hybridized carbons (Fsp3) is 0.538. The zero-order valence-electron chi connectivity index (χ0n) is 11.5. The topological polar surface area (TPSA) is 42.4 Å². The van der Waals surface area contributed by atoms with Crippen molar-refractivity contribution in [3.8, 4) is 0 Å². The zero-order valence-corrected chi connectivity index (χ0v) is 13.1. The highest BCUT2D eigenvalue weighted by atomic mass is 79.9. The summed E-state index contributed by atoms with van der Waals surface area (Å²) in [6, 6.07) is 2.94. The van der Waals surface area contributed by atoms with Gasteiger partial charge in [0.2, 0.25) is 0 Å². The molecule has 1 amide bonds. The molecule has 0 fully saturated rings. The number of amides is 1. The van der Waals surface area contributed by atoms with Gasteiger partial charge in [0.15, 0.2) is 0 Å². The number of pyridine rings is 1. The lowest BCUT2D eigenvalue weighted by atomic mass is 10.2. The number of nitrogens with zero attached hydrogens (tertiary/aromatic N) is 2. The minimum absolute atomic E-state index is 0.0281. The van der Waals surface area contributed by atoms with Gasteiger partial charge in [-0.25, -0.2) is 4.98 Å². The summed E-state index contributed by atoms with van der Waals surface area (Å²) >= 11 is 3.07. The maximum Gasteiger partial charge on any atom is 0.406 e. The Hall–Kier alpha value is -1.15. The quantitative estimate of drug-likeness (QED) is 0.547. The smallest absolute Gasteiger partial charge is 0.382 e. The molecule has 1 heterocycles. The van der Waals surface area contributed by atoms with Crippen LogP contribution in [0, 0.1) is 0 Å². The number of carbonyl (C=O) groups excluding carboxylic acids is 1. The van der Waals surface area contributed by atoms with E-state index in [0.29, 0.717) is 19.6 Å². The molecule has 1 aromatic heterocycles. The predicted octanol–water partition coefficient (Wildman–Crippen LogP) is 3.28. The van der Waals surface area contributed by atoms with Crippen molar-refractivity contribution in [2.45, 2.75) is 19.5 Å². The van der Waals surface area contributed by atoms with Crippen LogP contribution in [-0.4, -0.2) is 48.3 Å². The first-order valence-electron chi connectivity index (χ1n) is 6.39. The van der Waals surface area contributed by atoms with Gasteiger partial charge in [0.1, 0.15) is 11.1 Å². The summed E-state index contributed by atoms with van der Waals surface area (Å²) in [5.74, 6) is -0.705. The van der Waals surface area contributed by atoms with Crippen LogP contribution in [-0.2, 0) is 4.74 Å². The van der Waals surface area contributed by atoms with Gasteiger partial charge in [0, 0.05) is 26.0 Å². The van der Waals surface area contributed by atoms with E-state index in [4.69, 9.17) is 4.74 Å². The Morgan fingerprint density at radius 3 is 2.76 bits per heavy atom. The molecule has 118 valence electrons. The Morgan fingerprint density at radius 2 is 2.19 bits per heavy atom. The average molecular weight is 369 g/mol. The summed E-state index contributed by atoms with van der Waals surface area (Å²) in [4.78, 5) is 16.8. The van der Waals surface area contributed by atoms with Crippen molar-refractivity contribution in [1.29, 1.82) is 0 Å². The standard InChI is InChI=1S/C13H16BrF3N2O2/c1-2-21-8-4-7-19(9-13(15,16)17)12(20)10-5-3-6-18-11(10)14/h3,5-6H,2,4,7-9H2,1H3. The Balaban J connectivity index is 2.79. The number of aromatic nitrogens is 1. The minimum Gasteiger partial charge on any atom is -0.382 e. The summed E-state index contributed by atoms with van der Waals surface area (Å²) in [7, 11) is 0. The lowest BCUT2D eigenvalue weighted by Gasteiger charge is -2.24. The van der Waals surface area contributed by atoms with Crippen LogP contribution < -0.4 is 0 Å². The van der Waals surface area contributed by atoms with Gasteiger partial charge in [-0.15, -0.1) is 0 Å². The van der Waals surface area contributed by atoms with Crippen molar-refractivity contribution in [2.24, 2.45) is 0 Å². The number of hydrogen-bond donors (Lipinski definition) is 0. The molecule has 0 aliphatic rings. The number of hydrogen-bond acceptors (Lipinski definition) is 3. The van der Waals surface area contributed by atoms with Crippen LogP contribution in [0.5, 0.6) is 0 Å². The monoisotopic (exact) mass is 368 g/mol. The first-order chi connectivity index (χ1) is 9.85. The Kier molecular flexibility index (Phi) is 7.10. The highest BCUT2D eigenvalue weighted by Gasteiger charge is 2.33. The number of carbonyl (C=O) groups is 1. The minimum atomic E-state index is -4.45. The van der Waals surface area contributed by atoms with Gasteiger partial charge in [0.05, 0.1) is 5.56 Å². The van der Waals surface area contributed by atoms with Crippen molar-refractivity contribution in [2.75, 3.05) is 26.3 Å². The van der Waals surface area contributed by atoms with Crippen LogP contribution in [0.2, 0.25) is 0 Å². The highest BCUT2D eigenvalue weighted by molar-refractivity contribution is 9.10. The van der Waals surface area contributed by atoms with E-state index in [2.05, 4.69) is 20.9 Å². The molecule has 0 aliphatic heterocycles. The fourth-order valence-electron chi connectivity index (χ4n) is 1.69. The van der Waals surface area contributed by atoms with Crippen LogP contribution >= 0.6 is 15.9 Å². The maximum atomic E-state index is 12.6. The zero-order chi connectivity index (χ0) is 15.9. The third-order valence-corrected chi connectivity index (χ3v) is 3.20. The van der Waals surface area contributed by atoms with Gasteiger partial charge in [0.25, 0.3) is 5.91 Å². The molecule has 0 aliphatic carbocycles. The molecule has 0 radical (unpaired) electrons. The third kappa shape index (κ3) is 6.43. The molecule has 0 bridgehead atoms. The Labute approximate surface area is 129 Å². The largest absolute Gasteiger partial charge is 0.406 e. The van der Waals surface area contributed by atoms with Crippen LogP contribution in [0.4, 0.5) is 13.2 Å². The normalized spacial score (nSPS) is 11.5. The van der Waals surface area contributed by atoms with E-state index in [-0.39, 0.29) is 16.7 Å². The lowest BCUT2D eigenvalue weighted by molar-refractivity contribution is -0.141. The van der Waals surface area contributed by atoms with E-state index in [1.807, 2.05) is 0 Å². The predicted molar refractivity (Wildman–Crippen MR) is 75.0 cm³/mol. The fourth-order valence-corrected chi connectivity index (χ4v) is 2.11. The van der Waals surface area contributed by atoms with Gasteiger partial charge in [-0.05, 0) is 41.4 Å². The Morgan fingerprint density at radius 1 is 1.48 bits per heavy atom. The molecule has 0 N–H and O–H groups in total. The van der Waals surface area contributed by atoms with Crippen molar-refractivity contribution in [3.63, 3.8) is 0 Å². The summed E-state index contributed by atoms with van der Waals surface area (Å²) < 4.78 is 43.1. The summed E-state index contributed by atoms with van der Waals surface area (Å²) in [5, 5.41) is 0. The van der Waals surface area contributed by atoms with Crippen molar-refractivity contribution < 1.29 is 22.7 Å². The van der Waals surface area contributed by atoms with E-state index in [0.717, 1.165) is 4.90 Å². The molecule has 0 aromatic carbocycles. The Bertz CT molecular complexity index is 469. The van der Waals surface area contributed by atoms with Crippen LogP contribution in [0.25, 0.3) is 0 Å². The highest BCUT2D eigenvalue weighted by Crippen LogP contribution is 2.20.